The summed E-state index contributed by atoms with van der Waals surface area (Å²) >= 11 is 3.77. The van der Waals surface area contributed by atoms with Gasteiger partial charge in [-0.05, 0) is 307 Å². The van der Waals surface area contributed by atoms with Crippen molar-refractivity contribution in [2.45, 2.75) is 10.8 Å². The quantitative estimate of drug-likeness (QED) is 0.119. The summed E-state index contributed by atoms with van der Waals surface area (Å²) in [5, 5.41) is 19.8. The van der Waals surface area contributed by atoms with Gasteiger partial charge >= 0.3 is 0 Å². The molecule has 0 amide bonds. The lowest BCUT2D eigenvalue weighted by atomic mass is 9.70. The van der Waals surface area contributed by atoms with Gasteiger partial charge in [0.1, 0.15) is 0 Å². The third-order valence-electron chi connectivity index (χ3n) is 31.0. The van der Waals surface area contributed by atoms with Crippen LogP contribution in [0, 0.1) is 0 Å². The Balaban J connectivity index is 0.602. The summed E-state index contributed by atoms with van der Waals surface area (Å²) in [5.74, 6) is 0. The van der Waals surface area contributed by atoms with Gasteiger partial charge in [0, 0.05) is 74.2 Å². The molecule has 4 aliphatic rings. The number of nitrogens with zero attached hydrogens (tertiary/aromatic N) is 2. The fraction of sp³-hybridized carbons (Fsp3) is 0.0149. The van der Waals surface area contributed by atoms with Gasteiger partial charge in [0.2, 0.25) is 0 Å². The molecule has 0 saturated heterocycles. The molecular weight excluding hydrogens is 1700 g/mol. The summed E-state index contributed by atoms with van der Waals surface area (Å²) in [6.45, 7) is 0. The van der Waals surface area contributed by atoms with Gasteiger partial charge in [0.25, 0.3) is 0 Å². The first-order valence-corrected chi connectivity index (χ1v) is 49.5. The molecule has 138 heavy (non-hydrogen) atoms. The number of benzene rings is 24. The number of hydrogen-bond acceptors (Lipinski definition) is 4. The molecule has 638 valence electrons. The topological polar surface area (TPSA) is 6.48 Å². The van der Waals surface area contributed by atoms with Gasteiger partial charge in [-0.15, -0.1) is 22.7 Å². The van der Waals surface area contributed by atoms with E-state index < -0.39 is 10.8 Å². The van der Waals surface area contributed by atoms with Crippen LogP contribution in [0.15, 0.2) is 485 Å². The lowest BCUT2D eigenvalue weighted by Gasteiger charge is -2.33. The number of anilines is 6. The Bertz CT molecular complexity index is 9630. The van der Waals surface area contributed by atoms with Crippen molar-refractivity contribution < 1.29 is 0 Å². The van der Waals surface area contributed by atoms with E-state index in [1.165, 1.54) is 227 Å². The zero-order valence-electron chi connectivity index (χ0n) is 74.9. The van der Waals surface area contributed by atoms with Crippen LogP contribution in [-0.2, 0) is 10.8 Å². The molecule has 30 rings (SSSR count). The molecule has 0 N–H and O–H groups in total. The van der Waals surface area contributed by atoms with Gasteiger partial charge in [-0.1, -0.05) is 376 Å². The molecule has 0 bridgehead atoms. The summed E-state index contributed by atoms with van der Waals surface area (Å²) in [7, 11) is 0. The second-order valence-electron chi connectivity index (χ2n) is 37.8. The minimum Gasteiger partial charge on any atom is -0.310 e. The first-order chi connectivity index (χ1) is 68.4. The molecule has 2 heterocycles. The monoisotopic (exact) mass is 1780 g/mol. The van der Waals surface area contributed by atoms with Crippen molar-refractivity contribution in [2.75, 3.05) is 9.80 Å². The summed E-state index contributed by atoms with van der Waals surface area (Å²) in [6, 6.07) is 186. The fourth-order valence-electron chi connectivity index (χ4n) is 25.1. The van der Waals surface area contributed by atoms with E-state index in [1.807, 2.05) is 22.7 Å². The van der Waals surface area contributed by atoms with E-state index in [1.54, 1.807) is 0 Å². The summed E-state index contributed by atoms with van der Waals surface area (Å²) < 4.78 is 5.04. The van der Waals surface area contributed by atoms with E-state index in [0.29, 0.717) is 0 Å². The van der Waals surface area contributed by atoms with Crippen molar-refractivity contribution in [2.24, 2.45) is 0 Å². The second-order valence-corrected chi connectivity index (χ2v) is 40.0. The van der Waals surface area contributed by atoms with Crippen LogP contribution in [-0.4, -0.2) is 0 Å². The molecule has 0 unspecified atom stereocenters. The lowest BCUT2D eigenvalue weighted by Crippen LogP contribution is -2.26. The van der Waals surface area contributed by atoms with E-state index in [0.717, 1.165) is 56.4 Å². The third-order valence-corrected chi connectivity index (χ3v) is 33.3. The smallest absolute Gasteiger partial charge is 0.0726 e. The van der Waals surface area contributed by atoms with Gasteiger partial charge < -0.3 is 9.80 Å². The van der Waals surface area contributed by atoms with Crippen molar-refractivity contribution in [3.8, 4) is 100 Å². The Hall–Kier alpha value is -17.1. The Labute approximate surface area is 806 Å². The molecule has 0 aliphatic heterocycles. The van der Waals surface area contributed by atoms with Gasteiger partial charge in [-0.3, -0.25) is 0 Å². The normalized spacial score (nSPS) is 13.2. The molecule has 0 atom stereocenters. The highest BCUT2D eigenvalue weighted by atomic mass is 32.1. The zero-order valence-corrected chi connectivity index (χ0v) is 76.5. The SMILES string of the molecule is c1ccc(-c2ccc(N(c3ccc4c5ccccc5c5ccccc5c4c3)c3cc4c(cc3-c3ccc5c(c3)sc3ccc(-c6ccc7c8ccccc8c8cc(N(c9cccc(-c%10ccccc%10)c9)c9cc%10c(cc9-c9ccc%11c(c9)sc9ccccc9%11)-c9ccccc9C%109c%10ccccc%10-c%10ccccc%109)ccc8c7c6)cc35)-c3ccccc3C43c4ccccc4-c4ccccc43)cc2)cc1. The minimum atomic E-state index is -0.598. The summed E-state index contributed by atoms with van der Waals surface area (Å²) in [6.07, 6.45) is 0. The Morgan fingerprint density at radius 2 is 0.413 bits per heavy atom. The van der Waals surface area contributed by atoms with Crippen molar-refractivity contribution in [1.82, 2.24) is 0 Å². The van der Waals surface area contributed by atoms with E-state index in [-0.39, 0.29) is 0 Å². The molecule has 0 saturated carbocycles. The second kappa shape index (κ2) is 29.7. The highest BCUT2D eigenvalue weighted by Crippen LogP contribution is 2.68. The predicted molar refractivity (Wildman–Crippen MR) is 586 cm³/mol. The van der Waals surface area contributed by atoms with Crippen LogP contribution in [0.3, 0.4) is 0 Å². The van der Waals surface area contributed by atoms with E-state index in [4.69, 9.17) is 0 Å². The standard InChI is InChI=1S/C134H80N2S2/c1-3-28-81(29-4-1)83-54-60-89(61-55-83)135(91-62-67-100-95-36-8-7-34-93(95)94-35-9-11-38-97(94)114(100)75-91)127-79-125-116(106-44-17-24-51-123(106)133(125)119-47-20-13-40-102(119)103-41-14-21-48-120(103)133)77-111(127)88-58-66-110-118-72-86(59-69-130(118)138-132(110)74-88)85-56-64-99-96-37-10-12-39-98(96)115-76-92(63-68-101(115)113(99)71-85)136(90-33-27-32-84(70-90)82-30-5-2-6-31-82)128-80-126-117(78-112(128)87-57-65-109-108-46-19-26-53-129(108)137-131(109)73-87)107-45-18-25-52-124(107)134(126)121-49-22-15-42-104(121)105-43-16-23-50-122(105)134/h1-80H. The van der Waals surface area contributed by atoms with Crippen molar-refractivity contribution >= 4 is 162 Å². The molecule has 4 aliphatic carbocycles. The zero-order chi connectivity index (χ0) is 90.2. The van der Waals surface area contributed by atoms with Gasteiger partial charge in [0.05, 0.1) is 22.2 Å². The van der Waals surface area contributed by atoms with Crippen LogP contribution in [0.1, 0.15) is 44.5 Å². The van der Waals surface area contributed by atoms with Crippen LogP contribution in [0.5, 0.6) is 0 Å². The maximum atomic E-state index is 2.61. The predicted octanol–water partition coefficient (Wildman–Crippen LogP) is 37.3. The third kappa shape index (κ3) is 11.0. The maximum absolute atomic E-state index is 2.61. The Kier molecular flexibility index (Phi) is 16.6. The van der Waals surface area contributed by atoms with Gasteiger partial charge in [-0.2, -0.15) is 0 Å². The number of hydrogen-bond donors (Lipinski definition) is 0. The average molecular weight is 1780 g/mol. The number of fused-ring (bicyclic) bond motifs is 38. The van der Waals surface area contributed by atoms with Gasteiger partial charge in [-0.25, -0.2) is 0 Å². The average Bonchev–Trinajstić information content (AvgIpc) is 1.51. The first-order valence-electron chi connectivity index (χ1n) is 47.9. The highest BCUT2D eigenvalue weighted by Gasteiger charge is 2.54. The van der Waals surface area contributed by atoms with Gasteiger partial charge in [0.15, 0.2) is 0 Å². The molecule has 2 aromatic heterocycles. The minimum absolute atomic E-state index is 0.597. The molecule has 24 aromatic carbocycles. The number of rotatable bonds is 11. The highest BCUT2D eigenvalue weighted by molar-refractivity contribution is 7.26. The molecule has 2 spiro atoms. The number of thiophene rings is 2. The van der Waals surface area contributed by atoms with Crippen LogP contribution in [0.25, 0.3) is 205 Å². The molecule has 4 heteroatoms. The van der Waals surface area contributed by atoms with Crippen LogP contribution < -0.4 is 9.80 Å². The molecule has 0 radical (unpaired) electrons. The molecule has 26 aromatic rings. The summed E-state index contributed by atoms with van der Waals surface area (Å²) in [5.41, 5.74) is 37.6. The first kappa shape index (κ1) is 77.3. The van der Waals surface area contributed by atoms with E-state index >= 15 is 0 Å². The van der Waals surface area contributed by atoms with Crippen molar-refractivity contribution in [3.63, 3.8) is 0 Å². The maximum Gasteiger partial charge on any atom is 0.0726 e. The molecule has 0 fully saturated rings. The molecule has 2 nitrogen and oxygen atoms in total. The fourth-order valence-corrected chi connectivity index (χ4v) is 27.4. The van der Waals surface area contributed by atoms with Crippen molar-refractivity contribution in [3.05, 3.63) is 530 Å². The molecular formula is C134H80N2S2. The van der Waals surface area contributed by atoms with Crippen LogP contribution in [0.4, 0.5) is 34.1 Å². The largest absolute Gasteiger partial charge is 0.310 e. The van der Waals surface area contributed by atoms with E-state index in [2.05, 4.69) is 495 Å². The summed E-state index contributed by atoms with van der Waals surface area (Å²) in [4.78, 5) is 5.18. The lowest BCUT2D eigenvalue weighted by molar-refractivity contribution is 0.794. The van der Waals surface area contributed by atoms with Crippen LogP contribution in [0.2, 0.25) is 0 Å². The Morgan fingerprint density at radius 3 is 0.884 bits per heavy atom. The van der Waals surface area contributed by atoms with Crippen LogP contribution >= 0.6 is 22.7 Å². The van der Waals surface area contributed by atoms with Crippen molar-refractivity contribution in [1.29, 1.82) is 0 Å². The van der Waals surface area contributed by atoms with E-state index in [9.17, 15) is 0 Å². The Morgan fingerprint density at radius 1 is 0.130 bits per heavy atom.